The minimum Gasteiger partial charge on any atom is -0.491 e. The Morgan fingerprint density at radius 2 is 1.53 bits per heavy atom. The Balaban J connectivity index is 2.29. The summed E-state index contributed by atoms with van der Waals surface area (Å²) in [5.74, 6) is 1.90. The standard InChI is InChI=1S/C28H42O3S/c1-8-28(9-2,24-12-13-26(21(4)17-24)31-19-25(30)18-29)23-11-10-22(20(3)16-23)14-15-32-27(5,6)7/h10-13,16-17,25,29-30H,8-9,14-15,18-19H2,1-7H3/t25-/m0/s1. The number of hydrogen-bond donors (Lipinski definition) is 2. The lowest BCUT2D eigenvalue weighted by Gasteiger charge is -2.34. The zero-order valence-electron chi connectivity index (χ0n) is 21.0. The molecule has 0 aliphatic rings. The number of aliphatic hydroxyl groups is 2. The molecular weight excluding hydrogens is 416 g/mol. The lowest BCUT2D eigenvalue weighted by atomic mass is 9.70. The molecule has 3 nitrogen and oxygen atoms in total. The van der Waals surface area contributed by atoms with Gasteiger partial charge >= 0.3 is 0 Å². The highest BCUT2D eigenvalue weighted by molar-refractivity contribution is 8.00. The molecular formula is C28H42O3S. The van der Waals surface area contributed by atoms with Gasteiger partial charge in [0.25, 0.3) is 0 Å². The first kappa shape index (κ1) is 26.8. The Morgan fingerprint density at radius 1 is 0.938 bits per heavy atom. The van der Waals surface area contributed by atoms with Crippen molar-refractivity contribution in [2.24, 2.45) is 0 Å². The summed E-state index contributed by atoms with van der Waals surface area (Å²) in [7, 11) is 0. The highest BCUT2D eigenvalue weighted by atomic mass is 32.2. The summed E-state index contributed by atoms with van der Waals surface area (Å²) in [6.07, 6.45) is 2.28. The van der Waals surface area contributed by atoms with Crippen LogP contribution in [0.4, 0.5) is 0 Å². The van der Waals surface area contributed by atoms with E-state index in [9.17, 15) is 5.11 Å². The number of thioether (sulfide) groups is 1. The molecule has 0 spiro atoms. The summed E-state index contributed by atoms with van der Waals surface area (Å²) in [6, 6.07) is 13.4. The van der Waals surface area contributed by atoms with Crippen LogP contribution in [0.25, 0.3) is 0 Å². The fraction of sp³-hybridized carbons (Fsp3) is 0.571. The van der Waals surface area contributed by atoms with E-state index >= 15 is 0 Å². The molecule has 0 aliphatic carbocycles. The number of aliphatic hydroxyl groups excluding tert-OH is 2. The normalized spacial score (nSPS) is 13.3. The molecule has 0 aliphatic heterocycles. The predicted molar refractivity (Wildman–Crippen MR) is 138 cm³/mol. The molecule has 32 heavy (non-hydrogen) atoms. The Hall–Kier alpha value is -1.49. The van der Waals surface area contributed by atoms with Gasteiger partial charge in [0.1, 0.15) is 18.5 Å². The minimum absolute atomic E-state index is 0.0443. The zero-order chi connectivity index (χ0) is 23.9. The van der Waals surface area contributed by atoms with Crippen molar-refractivity contribution in [1.29, 1.82) is 0 Å². The lowest BCUT2D eigenvalue weighted by Crippen LogP contribution is -2.26. The van der Waals surface area contributed by atoms with Crippen LogP contribution < -0.4 is 4.74 Å². The van der Waals surface area contributed by atoms with Gasteiger partial charge in [-0.05, 0) is 72.7 Å². The second kappa shape index (κ2) is 11.6. The first-order valence-corrected chi connectivity index (χ1v) is 12.8. The summed E-state index contributed by atoms with van der Waals surface area (Å²) < 4.78 is 6.02. The second-order valence-electron chi connectivity index (χ2n) is 9.77. The van der Waals surface area contributed by atoms with Crippen LogP contribution in [0.2, 0.25) is 0 Å². The minimum atomic E-state index is -0.859. The first-order chi connectivity index (χ1) is 15.1. The molecule has 0 heterocycles. The zero-order valence-corrected chi connectivity index (χ0v) is 21.8. The van der Waals surface area contributed by atoms with Crippen molar-refractivity contribution < 1.29 is 14.9 Å². The van der Waals surface area contributed by atoms with Gasteiger partial charge in [0, 0.05) is 10.2 Å². The molecule has 0 unspecified atom stereocenters. The van der Waals surface area contributed by atoms with Gasteiger partial charge in [0.2, 0.25) is 0 Å². The summed E-state index contributed by atoms with van der Waals surface area (Å²) >= 11 is 2.02. The van der Waals surface area contributed by atoms with Crippen LogP contribution in [0.1, 0.15) is 75.3 Å². The molecule has 2 aromatic rings. The molecule has 0 amide bonds. The average Bonchev–Trinajstić information content (AvgIpc) is 2.74. The molecule has 4 heteroatoms. The molecule has 1 atom stereocenters. The third kappa shape index (κ3) is 6.76. The Kier molecular flexibility index (Phi) is 9.68. The van der Waals surface area contributed by atoms with Crippen molar-refractivity contribution in [1.82, 2.24) is 0 Å². The van der Waals surface area contributed by atoms with Crippen molar-refractivity contribution in [2.45, 2.75) is 84.0 Å². The van der Waals surface area contributed by atoms with Gasteiger partial charge in [-0.1, -0.05) is 65.0 Å². The van der Waals surface area contributed by atoms with Gasteiger partial charge in [-0.2, -0.15) is 11.8 Å². The van der Waals surface area contributed by atoms with Crippen molar-refractivity contribution in [3.05, 3.63) is 64.2 Å². The van der Waals surface area contributed by atoms with Crippen molar-refractivity contribution in [2.75, 3.05) is 19.0 Å². The van der Waals surface area contributed by atoms with Gasteiger partial charge in [-0.25, -0.2) is 0 Å². The van der Waals surface area contributed by atoms with E-state index in [-0.39, 0.29) is 18.6 Å². The lowest BCUT2D eigenvalue weighted by molar-refractivity contribution is 0.0534. The van der Waals surface area contributed by atoms with E-state index in [1.54, 1.807) is 0 Å². The number of benzene rings is 2. The third-order valence-electron chi connectivity index (χ3n) is 6.38. The maximum absolute atomic E-state index is 9.58. The summed E-state index contributed by atoms with van der Waals surface area (Å²) in [5.41, 5.74) is 6.48. The van der Waals surface area contributed by atoms with Crippen LogP contribution in [-0.4, -0.2) is 40.0 Å². The van der Waals surface area contributed by atoms with Crippen LogP contribution in [-0.2, 0) is 11.8 Å². The SMILES string of the molecule is CCC(CC)(c1ccc(CCSC(C)(C)C)c(C)c1)c1ccc(OC[C@@H](O)CO)c(C)c1. The molecule has 0 fully saturated rings. The number of ether oxygens (including phenoxy) is 1. The van der Waals surface area contributed by atoms with Gasteiger partial charge in [0.15, 0.2) is 0 Å². The summed E-state index contributed by atoms with van der Waals surface area (Å²) in [4.78, 5) is 0. The van der Waals surface area contributed by atoms with Crippen LogP contribution in [0.5, 0.6) is 5.75 Å². The van der Waals surface area contributed by atoms with E-state index < -0.39 is 6.10 Å². The molecule has 0 saturated carbocycles. The Bertz CT molecular complexity index is 865. The van der Waals surface area contributed by atoms with Gasteiger partial charge < -0.3 is 14.9 Å². The van der Waals surface area contributed by atoms with Crippen LogP contribution in [0.3, 0.4) is 0 Å². The van der Waals surface area contributed by atoms with Crippen LogP contribution >= 0.6 is 11.8 Å². The van der Waals surface area contributed by atoms with Crippen LogP contribution in [0, 0.1) is 13.8 Å². The molecule has 2 N–H and O–H groups in total. The summed E-state index contributed by atoms with van der Waals surface area (Å²) in [5, 5.41) is 18.6. The van der Waals surface area contributed by atoms with E-state index in [1.165, 1.54) is 22.3 Å². The monoisotopic (exact) mass is 458 g/mol. The van der Waals surface area contributed by atoms with Gasteiger partial charge in [-0.15, -0.1) is 0 Å². The van der Waals surface area contributed by atoms with Crippen molar-refractivity contribution in [3.8, 4) is 5.75 Å². The first-order valence-electron chi connectivity index (χ1n) is 11.8. The smallest absolute Gasteiger partial charge is 0.122 e. The third-order valence-corrected chi connectivity index (χ3v) is 7.65. The van der Waals surface area contributed by atoms with E-state index in [0.29, 0.717) is 4.75 Å². The molecule has 2 rings (SSSR count). The maximum atomic E-state index is 9.58. The molecule has 0 aromatic heterocycles. The fourth-order valence-electron chi connectivity index (χ4n) is 4.32. The number of rotatable bonds is 11. The highest BCUT2D eigenvalue weighted by Gasteiger charge is 2.31. The number of aryl methyl sites for hydroxylation is 3. The van der Waals surface area contributed by atoms with E-state index in [1.807, 2.05) is 24.8 Å². The van der Waals surface area contributed by atoms with Crippen molar-refractivity contribution in [3.63, 3.8) is 0 Å². The molecule has 178 valence electrons. The average molecular weight is 459 g/mol. The fourth-order valence-corrected chi connectivity index (χ4v) is 5.26. The van der Waals surface area contributed by atoms with Crippen molar-refractivity contribution >= 4 is 11.8 Å². The molecule has 0 saturated heterocycles. The molecule has 0 bridgehead atoms. The van der Waals surface area contributed by atoms with E-state index in [0.717, 1.165) is 36.3 Å². The van der Waals surface area contributed by atoms with E-state index in [4.69, 9.17) is 9.84 Å². The van der Waals surface area contributed by atoms with E-state index in [2.05, 4.69) is 71.9 Å². The Morgan fingerprint density at radius 3 is 2.03 bits per heavy atom. The van der Waals surface area contributed by atoms with Gasteiger partial charge in [0.05, 0.1) is 6.61 Å². The highest BCUT2D eigenvalue weighted by Crippen LogP contribution is 2.41. The maximum Gasteiger partial charge on any atom is 0.122 e. The van der Waals surface area contributed by atoms with Crippen LogP contribution in [0.15, 0.2) is 36.4 Å². The largest absolute Gasteiger partial charge is 0.491 e. The quantitative estimate of drug-likeness (QED) is 0.420. The topological polar surface area (TPSA) is 49.7 Å². The predicted octanol–water partition coefficient (Wildman–Crippen LogP) is 6.22. The van der Waals surface area contributed by atoms with Gasteiger partial charge in [-0.3, -0.25) is 0 Å². The summed E-state index contributed by atoms with van der Waals surface area (Å²) in [6.45, 7) is 15.4. The Labute approximate surface area is 199 Å². The number of hydrogen-bond acceptors (Lipinski definition) is 4. The molecule has 0 radical (unpaired) electrons. The molecule has 2 aromatic carbocycles. The second-order valence-corrected chi connectivity index (χ2v) is 11.7.